The molecule has 0 aliphatic heterocycles. The van der Waals surface area contributed by atoms with Crippen molar-refractivity contribution in [2.45, 2.75) is 155 Å². The molecule has 4 aliphatic rings. The Balaban J connectivity index is 1.58. The Kier molecular flexibility index (Phi) is 11.9. The highest BCUT2D eigenvalue weighted by molar-refractivity contribution is 5.83. The van der Waals surface area contributed by atoms with Crippen LogP contribution >= 0.6 is 0 Å². The summed E-state index contributed by atoms with van der Waals surface area (Å²) in [7, 11) is 1.19. The number of nitrogens with one attached hydrogen (secondary N) is 1. The number of carbonyl (C=O) groups is 3. The fraction of sp³-hybridized carbons (Fsp3) is 0.872. The summed E-state index contributed by atoms with van der Waals surface area (Å²) in [6, 6.07) is 0. The number of amides is 1. The summed E-state index contributed by atoms with van der Waals surface area (Å²) < 4.78 is 10.5. The van der Waals surface area contributed by atoms with E-state index in [4.69, 9.17) is 4.74 Å². The first kappa shape index (κ1) is 41.7. The molecular formula is C39H65NO11. The van der Waals surface area contributed by atoms with E-state index in [1.54, 1.807) is 13.8 Å². The second-order valence-corrected chi connectivity index (χ2v) is 18.3. The summed E-state index contributed by atoms with van der Waals surface area (Å²) in [5, 5.41) is 68.6. The van der Waals surface area contributed by atoms with Crippen molar-refractivity contribution in [1.29, 1.82) is 0 Å². The number of hydrogen-bond donors (Lipinski definition) is 7. The summed E-state index contributed by atoms with van der Waals surface area (Å²) in [6.07, 6.45) is 0.488. The Hall–Kier alpha value is -2.09. The molecule has 0 aromatic heterocycles. The lowest BCUT2D eigenvalue weighted by Gasteiger charge is -2.64. The smallest absolute Gasteiger partial charge is 0.325 e. The van der Waals surface area contributed by atoms with Crippen molar-refractivity contribution in [3.8, 4) is 0 Å². The Bertz CT molecular complexity index is 1350. The zero-order chi connectivity index (χ0) is 38.5. The number of fused-ring (bicyclic) bond motifs is 4. The first-order valence-corrected chi connectivity index (χ1v) is 18.7. The SMILES string of the molecule is COC(=O)CNC(=O)CC(C)(O)CC(=O)O[C@@H]1C[C@]2(C)C3=C(CCC2C(C)(C)[C@H]1O)[C@]1(C)CC[C@H](C(CO)CC[C@@H](O)C(C)(C)O)[C@@]1(C)[C@@H](O)C3. The highest BCUT2D eigenvalue weighted by Gasteiger charge is 2.67. The number of aliphatic hydroxyl groups excluding tert-OH is 4. The summed E-state index contributed by atoms with van der Waals surface area (Å²) in [4.78, 5) is 37.0. The number of aliphatic hydroxyl groups is 6. The van der Waals surface area contributed by atoms with Crippen LogP contribution in [0.25, 0.3) is 0 Å². The van der Waals surface area contributed by atoms with E-state index in [1.807, 2.05) is 13.8 Å². The summed E-state index contributed by atoms with van der Waals surface area (Å²) in [5.74, 6) is -2.13. The van der Waals surface area contributed by atoms with E-state index in [2.05, 4.69) is 30.8 Å². The molecule has 0 radical (unpaired) electrons. The number of hydrogen-bond acceptors (Lipinski definition) is 11. The molecule has 12 nitrogen and oxygen atoms in total. The van der Waals surface area contributed by atoms with Crippen LogP contribution in [0.1, 0.15) is 120 Å². The van der Waals surface area contributed by atoms with Gasteiger partial charge in [0.25, 0.3) is 0 Å². The van der Waals surface area contributed by atoms with E-state index in [-0.39, 0.29) is 36.3 Å². The molecule has 11 atom stereocenters. The molecule has 7 N–H and O–H groups in total. The van der Waals surface area contributed by atoms with E-state index >= 15 is 0 Å². The molecule has 0 heterocycles. The molecule has 0 saturated heterocycles. The third-order valence-corrected chi connectivity index (χ3v) is 14.3. The van der Waals surface area contributed by atoms with E-state index in [1.165, 1.54) is 25.2 Å². The van der Waals surface area contributed by atoms with Gasteiger partial charge in [0, 0.05) is 12.0 Å². The number of allylic oxidation sites excluding steroid dienone is 1. The molecule has 0 aromatic carbocycles. The molecule has 2 saturated carbocycles. The maximum absolute atomic E-state index is 13.3. The molecule has 12 heteroatoms. The minimum absolute atomic E-state index is 0.00440. The standard InChI is InChI=1S/C39H65NO11/c1-34(2)27-12-11-24-25(16-29(43)39(8)23(14-15-38(24,39)7)22(21-41)10-13-28(42)35(3,4)48)37(27,6)17-26(33(34)47)51-31(45)19-36(5,49)18-30(44)40-20-32(46)50-9/h22-23,26-29,33,41-43,47-49H,10-21H2,1-9H3,(H,40,44)/t22?,23-,26-,27?,28-,29+,33+,36?,37-,38+,39+/m1/s1. The lowest BCUT2D eigenvalue weighted by molar-refractivity contribution is -0.193. The number of methoxy groups -OCH3 is 1. The molecule has 3 unspecified atom stereocenters. The van der Waals surface area contributed by atoms with Gasteiger partial charge >= 0.3 is 11.9 Å². The number of ether oxygens (including phenoxy) is 2. The van der Waals surface area contributed by atoms with Crippen molar-refractivity contribution in [2.75, 3.05) is 20.3 Å². The van der Waals surface area contributed by atoms with Crippen LogP contribution in [-0.2, 0) is 23.9 Å². The largest absolute Gasteiger partial charge is 0.468 e. The van der Waals surface area contributed by atoms with E-state index in [0.717, 1.165) is 25.7 Å². The maximum atomic E-state index is 13.3. The van der Waals surface area contributed by atoms with Crippen molar-refractivity contribution in [3.05, 3.63) is 11.1 Å². The van der Waals surface area contributed by atoms with Crippen LogP contribution in [-0.4, -0.2) is 104 Å². The first-order chi connectivity index (χ1) is 23.4. The third-order valence-electron chi connectivity index (χ3n) is 14.3. The van der Waals surface area contributed by atoms with Gasteiger partial charge in [0.05, 0.1) is 49.5 Å². The van der Waals surface area contributed by atoms with Crippen molar-refractivity contribution >= 4 is 17.8 Å². The van der Waals surface area contributed by atoms with Gasteiger partial charge in [-0.3, -0.25) is 14.4 Å². The zero-order valence-electron chi connectivity index (χ0n) is 32.3. The average Bonchev–Trinajstić information content (AvgIpc) is 3.30. The fourth-order valence-corrected chi connectivity index (χ4v) is 11.1. The molecule has 2 fully saturated rings. The van der Waals surface area contributed by atoms with Crippen LogP contribution in [0, 0.1) is 39.4 Å². The predicted octanol–water partition coefficient (Wildman–Crippen LogP) is 2.93. The lowest BCUT2D eigenvalue weighted by atomic mass is 9.42. The molecule has 51 heavy (non-hydrogen) atoms. The van der Waals surface area contributed by atoms with Gasteiger partial charge in [0.1, 0.15) is 12.6 Å². The van der Waals surface area contributed by atoms with Gasteiger partial charge in [-0.15, -0.1) is 0 Å². The van der Waals surface area contributed by atoms with E-state index < -0.39 is 82.6 Å². The quantitative estimate of drug-likeness (QED) is 0.109. The molecule has 4 rings (SSSR count). The van der Waals surface area contributed by atoms with Crippen molar-refractivity contribution in [1.82, 2.24) is 5.32 Å². The van der Waals surface area contributed by atoms with Gasteiger partial charge in [-0.1, -0.05) is 45.8 Å². The predicted molar refractivity (Wildman–Crippen MR) is 189 cm³/mol. The summed E-state index contributed by atoms with van der Waals surface area (Å²) in [6.45, 7) is 14.6. The van der Waals surface area contributed by atoms with Crippen LogP contribution in [0.5, 0.6) is 0 Å². The van der Waals surface area contributed by atoms with Gasteiger partial charge in [-0.05, 0) is 106 Å². The van der Waals surface area contributed by atoms with Crippen LogP contribution in [0.4, 0.5) is 0 Å². The lowest BCUT2D eigenvalue weighted by Crippen LogP contribution is -2.62. The van der Waals surface area contributed by atoms with Crippen molar-refractivity contribution in [3.63, 3.8) is 0 Å². The zero-order valence-corrected chi connectivity index (χ0v) is 32.3. The molecule has 0 bridgehead atoms. The van der Waals surface area contributed by atoms with Gasteiger partial charge in [-0.2, -0.15) is 0 Å². The molecule has 0 spiro atoms. The molecule has 1 amide bonds. The minimum atomic E-state index is -1.76. The molecule has 0 aromatic rings. The van der Waals surface area contributed by atoms with Crippen molar-refractivity contribution in [2.24, 2.45) is 39.4 Å². The Morgan fingerprint density at radius 2 is 1.61 bits per heavy atom. The van der Waals surface area contributed by atoms with Crippen molar-refractivity contribution < 1.29 is 54.5 Å². The Morgan fingerprint density at radius 3 is 2.20 bits per heavy atom. The molecule has 4 aliphatic carbocycles. The van der Waals surface area contributed by atoms with E-state index in [9.17, 15) is 45.0 Å². The summed E-state index contributed by atoms with van der Waals surface area (Å²) >= 11 is 0. The average molecular weight is 724 g/mol. The molecule has 292 valence electrons. The van der Waals surface area contributed by atoms with Crippen LogP contribution in [0.15, 0.2) is 11.1 Å². The minimum Gasteiger partial charge on any atom is -0.468 e. The monoisotopic (exact) mass is 723 g/mol. The van der Waals surface area contributed by atoms with Crippen LogP contribution < -0.4 is 5.32 Å². The number of carbonyl (C=O) groups excluding carboxylic acids is 3. The highest BCUT2D eigenvalue weighted by atomic mass is 16.6. The number of rotatable bonds is 13. The Morgan fingerprint density at radius 1 is 0.961 bits per heavy atom. The molecular weight excluding hydrogens is 658 g/mol. The van der Waals surface area contributed by atoms with Crippen LogP contribution in [0.2, 0.25) is 0 Å². The van der Waals surface area contributed by atoms with Gasteiger partial charge in [0.15, 0.2) is 0 Å². The third kappa shape index (κ3) is 7.65. The second kappa shape index (κ2) is 14.6. The fourth-order valence-electron chi connectivity index (χ4n) is 11.1. The first-order valence-electron chi connectivity index (χ1n) is 18.7. The Labute approximate surface area is 303 Å². The van der Waals surface area contributed by atoms with Gasteiger partial charge in [-0.25, -0.2) is 0 Å². The normalized spacial score (nSPS) is 36.9. The highest BCUT2D eigenvalue weighted by Crippen LogP contribution is 2.72. The maximum Gasteiger partial charge on any atom is 0.325 e. The number of esters is 2. The van der Waals surface area contributed by atoms with Gasteiger partial charge < -0.3 is 45.4 Å². The topological polar surface area (TPSA) is 203 Å². The van der Waals surface area contributed by atoms with Gasteiger partial charge in [0.2, 0.25) is 5.91 Å². The summed E-state index contributed by atoms with van der Waals surface area (Å²) in [5.41, 5.74) is -2.57. The van der Waals surface area contributed by atoms with E-state index in [0.29, 0.717) is 25.7 Å². The van der Waals surface area contributed by atoms with Crippen LogP contribution in [0.3, 0.4) is 0 Å². The second-order valence-electron chi connectivity index (χ2n) is 18.3.